The lowest BCUT2D eigenvalue weighted by Gasteiger charge is -2.47. The minimum absolute atomic E-state index is 0.0657. The smallest absolute Gasteiger partial charge is 0.154 e. The third-order valence-electron chi connectivity index (χ3n) is 3.23. The van der Waals surface area contributed by atoms with Gasteiger partial charge < -0.3 is 30.3 Å². The van der Waals surface area contributed by atoms with E-state index in [1.807, 2.05) is 0 Å². The van der Waals surface area contributed by atoms with Gasteiger partial charge in [0.15, 0.2) is 6.29 Å². The van der Waals surface area contributed by atoms with Crippen LogP contribution in [0.15, 0.2) is 0 Å². The number of hydrogen-bond acceptors (Lipinski definition) is 6. The van der Waals surface area contributed by atoms with E-state index < -0.39 is 29.0 Å². The fourth-order valence-electron chi connectivity index (χ4n) is 1.38. The third kappa shape index (κ3) is 2.26. The van der Waals surface area contributed by atoms with Gasteiger partial charge in [0.25, 0.3) is 0 Å². The summed E-state index contributed by atoms with van der Waals surface area (Å²) in [6.07, 6.45) is -2.98. The molecule has 0 saturated heterocycles. The van der Waals surface area contributed by atoms with Crippen molar-refractivity contribution in [2.24, 2.45) is 0 Å². The Hall–Kier alpha value is -0.530. The summed E-state index contributed by atoms with van der Waals surface area (Å²) in [4.78, 5) is 10.6. The number of rotatable bonds is 5. The van der Waals surface area contributed by atoms with Gasteiger partial charge in [0, 0.05) is 0 Å². The molecule has 0 amide bonds. The van der Waals surface area contributed by atoms with Crippen LogP contribution in [0.4, 0.5) is 0 Å². The first-order valence-electron chi connectivity index (χ1n) is 4.91. The Morgan fingerprint density at radius 3 is 1.69 bits per heavy atom. The Bertz CT molecular complexity index is 256. The van der Waals surface area contributed by atoms with Gasteiger partial charge in [0.2, 0.25) is 0 Å². The average molecular weight is 236 g/mol. The van der Waals surface area contributed by atoms with E-state index in [-0.39, 0.29) is 6.29 Å². The summed E-state index contributed by atoms with van der Waals surface area (Å²) in [5.74, 6) is 0. The van der Waals surface area contributed by atoms with E-state index >= 15 is 0 Å². The standard InChI is InChI=1S/C10H20O6/c1-6(12)7(13)9(3,15)10(4,16)8(2,14)5-11/h5-7,12-16H,1-4H3. The molecule has 0 aromatic heterocycles. The van der Waals surface area contributed by atoms with Crippen LogP contribution in [0.5, 0.6) is 0 Å². The van der Waals surface area contributed by atoms with Crippen molar-refractivity contribution in [3.8, 4) is 0 Å². The monoisotopic (exact) mass is 236 g/mol. The second-order valence-electron chi connectivity index (χ2n) is 4.67. The topological polar surface area (TPSA) is 118 Å². The van der Waals surface area contributed by atoms with E-state index in [0.717, 1.165) is 20.8 Å². The maximum absolute atomic E-state index is 10.6. The van der Waals surface area contributed by atoms with Crippen molar-refractivity contribution in [2.75, 3.05) is 0 Å². The number of carbonyl (C=O) groups is 1. The van der Waals surface area contributed by atoms with Gasteiger partial charge in [-0.1, -0.05) is 0 Å². The molecular formula is C10H20O6. The van der Waals surface area contributed by atoms with Gasteiger partial charge in [-0.3, -0.25) is 0 Å². The molecule has 0 spiro atoms. The molecule has 0 bridgehead atoms. The molecule has 0 aromatic carbocycles. The summed E-state index contributed by atoms with van der Waals surface area (Å²) in [6.45, 7) is 4.25. The van der Waals surface area contributed by atoms with Gasteiger partial charge in [-0.25, -0.2) is 0 Å². The minimum Gasteiger partial charge on any atom is -0.391 e. The van der Waals surface area contributed by atoms with Gasteiger partial charge >= 0.3 is 0 Å². The molecule has 96 valence electrons. The van der Waals surface area contributed by atoms with E-state index in [4.69, 9.17) is 5.11 Å². The highest BCUT2D eigenvalue weighted by Crippen LogP contribution is 2.35. The zero-order valence-electron chi connectivity index (χ0n) is 9.88. The van der Waals surface area contributed by atoms with Gasteiger partial charge in [-0.05, 0) is 27.7 Å². The predicted octanol–water partition coefficient (Wildman–Crippen LogP) is -1.82. The Morgan fingerprint density at radius 1 is 1.06 bits per heavy atom. The normalized spacial score (nSPS) is 27.1. The van der Waals surface area contributed by atoms with Gasteiger partial charge in [-0.15, -0.1) is 0 Å². The van der Waals surface area contributed by atoms with E-state index in [9.17, 15) is 25.2 Å². The van der Waals surface area contributed by atoms with Crippen LogP contribution in [0.3, 0.4) is 0 Å². The lowest BCUT2D eigenvalue weighted by atomic mass is 9.70. The zero-order chi connectivity index (χ0) is 13.4. The van der Waals surface area contributed by atoms with Crippen molar-refractivity contribution in [1.29, 1.82) is 0 Å². The molecule has 5 atom stereocenters. The molecule has 0 aliphatic rings. The molecule has 5 unspecified atom stereocenters. The summed E-state index contributed by atoms with van der Waals surface area (Å²) >= 11 is 0. The van der Waals surface area contributed by atoms with E-state index in [2.05, 4.69) is 0 Å². The fraction of sp³-hybridized carbons (Fsp3) is 0.900. The van der Waals surface area contributed by atoms with Crippen LogP contribution in [-0.2, 0) is 4.79 Å². The van der Waals surface area contributed by atoms with Crippen molar-refractivity contribution in [2.45, 2.75) is 56.7 Å². The highest BCUT2D eigenvalue weighted by atomic mass is 16.4. The van der Waals surface area contributed by atoms with Gasteiger partial charge in [0.1, 0.15) is 22.9 Å². The van der Waals surface area contributed by atoms with Crippen molar-refractivity contribution in [3.05, 3.63) is 0 Å². The molecule has 0 rings (SSSR count). The van der Waals surface area contributed by atoms with Gasteiger partial charge in [0.05, 0.1) is 6.10 Å². The number of aliphatic hydroxyl groups is 5. The van der Waals surface area contributed by atoms with Crippen LogP contribution in [0.2, 0.25) is 0 Å². The quantitative estimate of drug-likeness (QED) is 0.359. The Morgan fingerprint density at radius 2 is 1.44 bits per heavy atom. The Kier molecular flexibility index (Phi) is 4.24. The molecule has 0 saturated carbocycles. The zero-order valence-corrected chi connectivity index (χ0v) is 9.88. The molecule has 0 aromatic rings. The third-order valence-corrected chi connectivity index (χ3v) is 3.23. The second-order valence-corrected chi connectivity index (χ2v) is 4.67. The van der Waals surface area contributed by atoms with Crippen LogP contribution in [-0.4, -0.2) is 60.8 Å². The summed E-state index contributed by atoms with van der Waals surface area (Å²) in [5.41, 5.74) is -6.84. The van der Waals surface area contributed by atoms with Crippen LogP contribution in [0.1, 0.15) is 27.7 Å². The molecule has 0 fully saturated rings. The molecule has 0 aliphatic heterocycles. The second kappa shape index (κ2) is 4.38. The van der Waals surface area contributed by atoms with Crippen molar-refractivity contribution < 1.29 is 30.3 Å². The van der Waals surface area contributed by atoms with Crippen molar-refractivity contribution in [1.82, 2.24) is 0 Å². The van der Waals surface area contributed by atoms with Crippen molar-refractivity contribution >= 4 is 6.29 Å². The number of aldehydes is 1. The average Bonchev–Trinajstić information content (AvgIpc) is 2.15. The summed E-state index contributed by atoms with van der Waals surface area (Å²) in [7, 11) is 0. The van der Waals surface area contributed by atoms with Crippen molar-refractivity contribution in [3.63, 3.8) is 0 Å². The summed E-state index contributed by atoms with van der Waals surface area (Å²) in [6, 6.07) is 0. The van der Waals surface area contributed by atoms with E-state index in [0.29, 0.717) is 0 Å². The molecule has 0 heterocycles. The largest absolute Gasteiger partial charge is 0.391 e. The molecular weight excluding hydrogens is 216 g/mol. The highest BCUT2D eigenvalue weighted by molar-refractivity contribution is 5.64. The first-order valence-corrected chi connectivity index (χ1v) is 4.91. The van der Waals surface area contributed by atoms with Crippen LogP contribution in [0.25, 0.3) is 0 Å². The Labute approximate surface area is 94.2 Å². The fourth-order valence-corrected chi connectivity index (χ4v) is 1.38. The number of carbonyl (C=O) groups excluding carboxylic acids is 1. The maximum Gasteiger partial charge on any atom is 0.154 e. The van der Waals surface area contributed by atoms with Crippen LogP contribution in [0, 0.1) is 0 Å². The summed E-state index contributed by atoms with van der Waals surface area (Å²) in [5, 5.41) is 48.3. The SMILES string of the molecule is CC(O)C(O)C(C)(O)C(C)(O)C(C)(O)C=O. The Balaban J connectivity index is 5.36. The number of hydrogen-bond donors (Lipinski definition) is 5. The van der Waals surface area contributed by atoms with E-state index in [1.165, 1.54) is 6.92 Å². The van der Waals surface area contributed by atoms with Crippen LogP contribution < -0.4 is 0 Å². The molecule has 16 heavy (non-hydrogen) atoms. The lowest BCUT2D eigenvalue weighted by molar-refractivity contribution is -0.255. The van der Waals surface area contributed by atoms with Crippen LogP contribution >= 0.6 is 0 Å². The van der Waals surface area contributed by atoms with Gasteiger partial charge in [-0.2, -0.15) is 0 Å². The lowest BCUT2D eigenvalue weighted by Crippen LogP contribution is -2.70. The number of aliphatic hydroxyl groups excluding tert-OH is 2. The molecule has 5 N–H and O–H groups in total. The molecule has 6 heteroatoms. The molecule has 0 radical (unpaired) electrons. The summed E-state index contributed by atoms with van der Waals surface area (Å²) < 4.78 is 0. The first kappa shape index (κ1) is 15.5. The minimum atomic E-state index is -2.32. The predicted molar refractivity (Wildman–Crippen MR) is 55.6 cm³/mol. The maximum atomic E-state index is 10.6. The molecule has 0 aliphatic carbocycles. The molecule has 6 nitrogen and oxygen atoms in total. The van der Waals surface area contributed by atoms with E-state index in [1.54, 1.807) is 0 Å². The highest BCUT2D eigenvalue weighted by Gasteiger charge is 2.58. The first-order chi connectivity index (χ1) is 6.91.